The Labute approximate surface area is 165 Å². The molecule has 1 aliphatic heterocycles. The Morgan fingerprint density at radius 2 is 2.00 bits per heavy atom. The van der Waals surface area contributed by atoms with E-state index in [0.717, 1.165) is 47.5 Å². The summed E-state index contributed by atoms with van der Waals surface area (Å²) in [6.45, 7) is 0.764. The van der Waals surface area contributed by atoms with Gasteiger partial charge in [-0.2, -0.15) is 0 Å². The highest BCUT2D eigenvalue weighted by atomic mass is 35.5. The van der Waals surface area contributed by atoms with Gasteiger partial charge in [-0.3, -0.25) is 4.79 Å². The second-order valence-corrected chi connectivity index (χ2v) is 6.70. The lowest BCUT2D eigenvalue weighted by Crippen LogP contribution is -2.15. The summed E-state index contributed by atoms with van der Waals surface area (Å²) >= 11 is 6.17. The van der Waals surface area contributed by atoms with Crippen LogP contribution in [-0.2, 0) is 16.0 Å². The summed E-state index contributed by atoms with van der Waals surface area (Å²) in [4.78, 5) is 33.3. The van der Waals surface area contributed by atoms with E-state index in [4.69, 9.17) is 16.7 Å². The highest BCUT2D eigenvalue weighted by molar-refractivity contribution is 6.31. The van der Waals surface area contributed by atoms with Gasteiger partial charge in [0, 0.05) is 40.5 Å². The lowest BCUT2D eigenvalue weighted by molar-refractivity contribution is -0.131. The van der Waals surface area contributed by atoms with Crippen LogP contribution in [-0.4, -0.2) is 33.5 Å². The third-order valence-electron chi connectivity index (χ3n) is 4.46. The molecule has 3 aromatic rings. The summed E-state index contributed by atoms with van der Waals surface area (Å²) in [6, 6.07) is 11.1. The summed E-state index contributed by atoms with van der Waals surface area (Å²) < 4.78 is 0. The maximum Gasteiger partial charge on any atom is 0.328 e. The quantitative estimate of drug-likeness (QED) is 0.657. The number of nitrogens with zero attached hydrogens (tertiary/aromatic N) is 3. The maximum absolute atomic E-state index is 11.9. The van der Waals surface area contributed by atoms with Gasteiger partial charge in [0.2, 0.25) is 5.91 Å². The summed E-state index contributed by atoms with van der Waals surface area (Å²) in [5, 5.41) is 12.7. The minimum absolute atomic E-state index is 0.522. The molecular weight excluding hydrogens is 380 g/mol. The van der Waals surface area contributed by atoms with Gasteiger partial charge in [-0.05, 0) is 42.3 Å². The number of carbonyl (C=O) groups excluding carboxylic acids is 1. The Morgan fingerprint density at radius 1 is 1.14 bits per heavy atom. The van der Waals surface area contributed by atoms with Crippen molar-refractivity contribution in [2.75, 3.05) is 16.8 Å². The Morgan fingerprint density at radius 3 is 2.82 bits per heavy atom. The van der Waals surface area contributed by atoms with E-state index in [1.165, 1.54) is 11.9 Å². The van der Waals surface area contributed by atoms with Crippen LogP contribution in [0.25, 0.3) is 10.9 Å². The van der Waals surface area contributed by atoms with E-state index in [1.807, 2.05) is 18.2 Å². The number of benzene rings is 2. The molecule has 0 saturated carbocycles. The molecular formula is C20H15ClN4O3. The summed E-state index contributed by atoms with van der Waals surface area (Å²) in [7, 11) is 0. The van der Waals surface area contributed by atoms with Crippen LogP contribution in [0.3, 0.4) is 0 Å². The van der Waals surface area contributed by atoms with Crippen molar-refractivity contribution in [3.8, 4) is 0 Å². The third-order valence-corrected chi connectivity index (χ3v) is 4.69. The van der Waals surface area contributed by atoms with Gasteiger partial charge in [0.1, 0.15) is 12.1 Å². The molecule has 0 spiro atoms. The zero-order valence-electron chi connectivity index (χ0n) is 14.6. The summed E-state index contributed by atoms with van der Waals surface area (Å²) in [6.07, 6.45) is 4.14. The Kier molecular flexibility index (Phi) is 4.67. The monoisotopic (exact) mass is 394 g/mol. The maximum atomic E-state index is 11.9. The molecule has 1 amide bonds. The fraction of sp³-hybridized carbons (Fsp3) is 0.100. The van der Waals surface area contributed by atoms with E-state index in [1.54, 1.807) is 18.2 Å². The number of halogens is 1. The molecule has 0 aliphatic carbocycles. The molecule has 1 aromatic heterocycles. The van der Waals surface area contributed by atoms with E-state index in [9.17, 15) is 9.59 Å². The number of fused-ring (bicyclic) bond motifs is 2. The van der Waals surface area contributed by atoms with Crippen LogP contribution in [0.1, 0.15) is 5.56 Å². The van der Waals surface area contributed by atoms with Gasteiger partial charge in [0.15, 0.2) is 0 Å². The molecule has 1 aliphatic rings. The molecule has 4 rings (SSSR count). The standard InChI is InChI=1S/C20H15ClN4O3/c21-13-2-1-12-7-8-25(17(12)9-13)20-15-10-14(3-4-16(15)22-11-23-20)24-18(26)5-6-19(27)28/h1-6,9-11H,7-8H2,(H,24,26)(H,27,28). The SMILES string of the molecule is O=C(O)C=CC(=O)Nc1ccc2ncnc(N3CCc4ccc(Cl)cc43)c2c1. The fourth-order valence-electron chi connectivity index (χ4n) is 3.24. The number of amides is 1. The van der Waals surface area contributed by atoms with Crippen LogP contribution in [0.4, 0.5) is 17.2 Å². The second kappa shape index (κ2) is 7.28. The van der Waals surface area contributed by atoms with Crippen molar-refractivity contribution in [3.05, 3.63) is 65.5 Å². The van der Waals surface area contributed by atoms with E-state index in [0.29, 0.717) is 10.7 Å². The third kappa shape index (κ3) is 3.52. The molecule has 28 heavy (non-hydrogen) atoms. The van der Waals surface area contributed by atoms with Gasteiger partial charge in [-0.25, -0.2) is 14.8 Å². The average Bonchev–Trinajstić information content (AvgIpc) is 3.08. The molecule has 0 unspecified atom stereocenters. The number of carboxylic acid groups (broad SMARTS) is 1. The number of anilines is 3. The first-order chi connectivity index (χ1) is 13.5. The van der Waals surface area contributed by atoms with Gasteiger partial charge in [0.25, 0.3) is 0 Å². The predicted octanol–water partition coefficient (Wildman–Crippen LogP) is 3.56. The normalized spacial score (nSPS) is 13.1. The van der Waals surface area contributed by atoms with E-state index in [2.05, 4.69) is 20.2 Å². The Bertz CT molecular complexity index is 1130. The van der Waals surface area contributed by atoms with Gasteiger partial charge in [0.05, 0.1) is 5.52 Å². The lowest BCUT2D eigenvalue weighted by Gasteiger charge is -2.20. The number of nitrogens with one attached hydrogen (secondary N) is 1. The molecule has 0 saturated heterocycles. The number of rotatable bonds is 4. The number of carboxylic acids is 1. The smallest absolute Gasteiger partial charge is 0.328 e. The van der Waals surface area contributed by atoms with Crippen LogP contribution in [0.2, 0.25) is 5.02 Å². The van der Waals surface area contributed by atoms with Crippen LogP contribution >= 0.6 is 11.6 Å². The van der Waals surface area contributed by atoms with Crippen molar-refractivity contribution in [2.24, 2.45) is 0 Å². The van der Waals surface area contributed by atoms with Gasteiger partial charge in [-0.15, -0.1) is 0 Å². The topological polar surface area (TPSA) is 95.4 Å². The molecule has 7 nitrogen and oxygen atoms in total. The molecule has 0 atom stereocenters. The molecule has 140 valence electrons. The molecule has 2 heterocycles. The van der Waals surface area contributed by atoms with Crippen LogP contribution < -0.4 is 10.2 Å². The van der Waals surface area contributed by atoms with Crippen molar-refractivity contribution >= 4 is 51.6 Å². The molecule has 2 aromatic carbocycles. The first-order valence-corrected chi connectivity index (χ1v) is 8.92. The Balaban J connectivity index is 1.72. The lowest BCUT2D eigenvalue weighted by atomic mass is 10.1. The van der Waals surface area contributed by atoms with E-state index < -0.39 is 11.9 Å². The zero-order valence-corrected chi connectivity index (χ0v) is 15.3. The van der Waals surface area contributed by atoms with Crippen molar-refractivity contribution in [1.29, 1.82) is 0 Å². The molecule has 0 fully saturated rings. The number of aliphatic carboxylic acids is 1. The highest BCUT2D eigenvalue weighted by Crippen LogP contribution is 2.38. The molecule has 0 radical (unpaired) electrons. The molecule has 0 bridgehead atoms. The van der Waals surface area contributed by atoms with E-state index >= 15 is 0 Å². The van der Waals surface area contributed by atoms with Crippen molar-refractivity contribution in [3.63, 3.8) is 0 Å². The fourth-order valence-corrected chi connectivity index (χ4v) is 3.41. The number of aromatic nitrogens is 2. The largest absolute Gasteiger partial charge is 0.478 e. The van der Waals surface area contributed by atoms with Gasteiger partial charge in [-0.1, -0.05) is 17.7 Å². The minimum atomic E-state index is -1.18. The summed E-state index contributed by atoms with van der Waals surface area (Å²) in [5.74, 6) is -0.989. The minimum Gasteiger partial charge on any atom is -0.478 e. The first-order valence-electron chi connectivity index (χ1n) is 8.54. The van der Waals surface area contributed by atoms with Crippen LogP contribution in [0, 0.1) is 0 Å². The second-order valence-electron chi connectivity index (χ2n) is 6.26. The van der Waals surface area contributed by atoms with Gasteiger partial charge < -0.3 is 15.3 Å². The molecule has 8 heteroatoms. The molecule has 2 N–H and O–H groups in total. The van der Waals surface area contributed by atoms with Crippen molar-refractivity contribution < 1.29 is 14.7 Å². The zero-order chi connectivity index (χ0) is 19.7. The number of carbonyl (C=O) groups is 2. The van der Waals surface area contributed by atoms with Crippen molar-refractivity contribution in [1.82, 2.24) is 9.97 Å². The number of hydrogen-bond acceptors (Lipinski definition) is 5. The highest BCUT2D eigenvalue weighted by Gasteiger charge is 2.23. The average molecular weight is 395 g/mol. The van der Waals surface area contributed by atoms with Crippen molar-refractivity contribution in [2.45, 2.75) is 6.42 Å². The van der Waals surface area contributed by atoms with Crippen LogP contribution in [0.5, 0.6) is 0 Å². The van der Waals surface area contributed by atoms with Crippen LogP contribution in [0.15, 0.2) is 54.9 Å². The first kappa shape index (κ1) is 17.9. The van der Waals surface area contributed by atoms with E-state index in [-0.39, 0.29) is 0 Å². The Hall–Kier alpha value is -3.45. The predicted molar refractivity (Wildman–Crippen MR) is 107 cm³/mol. The van der Waals surface area contributed by atoms with Gasteiger partial charge >= 0.3 is 5.97 Å². The number of hydrogen-bond donors (Lipinski definition) is 2. The summed E-state index contributed by atoms with van der Waals surface area (Å²) in [5.41, 5.74) is 3.46.